The van der Waals surface area contributed by atoms with E-state index >= 15 is 0 Å². The van der Waals surface area contributed by atoms with Gasteiger partial charge in [-0.05, 0) is 55.5 Å². The Morgan fingerprint density at radius 3 is 2.31 bits per heavy atom. The lowest BCUT2D eigenvalue weighted by atomic mass is 10.2. The lowest BCUT2D eigenvalue weighted by molar-refractivity contribution is -0.116. The van der Waals surface area contributed by atoms with Gasteiger partial charge in [0.05, 0.1) is 28.7 Å². The Labute approximate surface area is 209 Å². The molecule has 0 radical (unpaired) electrons. The van der Waals surface area contributed by atoms with Crippen molar-refractivity contribution in [3.63, 3.8) is 0 Å². The van der Waals surface area contributed by atoms with Gasteiger partial charge in [0, 0.05) is 18.0 Å². The summed E-state index contributed by atoms with van der Waals surface area (Å²) in [5.74, 6) is 0.264. The molecule has 1 unspecified atom stereocenters. The van der Waals surface area contributed by atoms with Crippen LogP contribution in [0.1, 0.15) is 6.92 Å². The molecular weight excluding hydrogens is 508 g/mol. The summed E-state index contributed by atoms with van der Waals surface area (Å²) in [5.41, 5.74) is 0.846. The number of fused-ring (bicyclic) bond motifs is 1. The molecule has 1 atom stereocenters. The summed E-state index contributed by atoms with van der Waals surface area (Å²) in [6.45, 7) is 2.17. The van der Waals surface area contributed by atoms with Crippen LogP contribution in [0, 0.1) is 0 Å². The largest absolute Gasteiger partial charge is 0.486 e. The van der Waals surface area contributed by atoms with E-state index in [1.165, 1.54) is 55.7 Å². The van der Waals surface area contributed by atoms with Gasteiger partial charge in [0.1, 0.15) is 19.3 Å². The third-order valence-corrected chi connectivity index (χ3v) is 7.85. The second-order valence-corrected chi connectivity index (χ2v) is 11.5. The third kappa shape index (κ3) is 5.69. The van der Waals surface area contributed by atoms with Gasteiger partial charge < -0.3 is 14.8 Å². The van der Waals surface area contributed by atoms with Gasteiger partial charge in [0.25, 0.3) is 10.0 Å². The van der Waals surface area contributed by atoms with Crippen molar-refractivity contribution in [3.05, 3.63) is 67.0 Å². The number of nitrogens with zero attached hydrogens (tertiary/aromatic N) is 2. The lowest BCUT2D eigenvalue weighted by Crippen LogP contribution is -2.45. The molecule has 190 valence electrons. The maximum absolute atomic E-state index is 13.0. The Balaban J connectivity index is 1.50. The van der Waals surface area contributed by atoms with E-state index in [0.29, 0.717) is 36.1 Å². The molecule has 4 rings (SSSR count). The number of hydrogen-bond acceptors (Lipinski definition) is 8. The van der Waals surface area contributed by atoms with Gasteiger partial charge in [0.15, 0.2) is 11.5 Å². The van der Waals surface area contributed by atoms with E-state index < -0.39 is 32.0 Å². The topological polar surface area (TPSA) is 144 Å². The number of ether oxygens (including phenoxy) is 2. The molecule has 1 amide bonds. The number of amides is 1. The molecule has 2 heterocycles. The first-order chi connectivity index (χ1) is 17.0. The third-order valence-electron chi connectivity index (χ3n) is 5.21. The number of sulfonamides is 2. The van der Waals surface area contributed by atoms with E-state index in [0.717, 1.165) is 10.6 Å². The zero-order valence-electron chi connectivity index (χ0n) is 19.4. The molecule has 0 saturated heterocycles. The number of aromatic nitrogens is 1. The fourth-order valence-electron chi connectivity index (χ4n) is 3.58. The number of benzene rings is 2. The van der Waals surface area contributed by atoms with Gasteiger partial charge in [-0.25, -0.2) is 16.8 Å². The lowest BCUT2D eigenvalue weighted by Gasteiger charge is -2.29. The molecule has 1 aromatic heterocycles. The first kappa shape index (κ1) is 25.3. The number of nitrogens with one attached hydrogen (secondary N) is 2. The summed E-state index contributed by atoms with van der Waals surface area (Å²) in [6, 6.07) is 12.2. The Morgan fingerprint density at radius 2 is 1.67 bits per heavy atom. The molecule has 1 aliphatic heterocycles. The molecule has 0 spiro atoms. The van der Waals surface area contributed by atoms with Crippen LogP contribution >= 0.6 is 0 Å². The normalized spacial score (nSPS) is 13.9. The molecule has 0 aliphatic carbocycles. The first-order valence-corrected chi connectivity index (χ1v) is 14.1. The summed E-state index contributed by atoms with van der Waals surface area (Å²) in [4.78, 5) is 16.8. The van der Waals surface area contributed by atoms with E-state index in [1.54, 1.807) is 18.2 Å². The number of anilines is 3. The maximum atomic E-state index is 13.0. The standard InChI is InChI=1S/C23H24N4O7S2/c1-16(27(35(2,29)30)19-7-10-21-22(14-19)34-13-12-33-21)23(28)25-17-5-8-20(9-6-17)36(31,32)26-18-4-3-11-24-15-18/h3-11,14-16,26H,12-13H2,1-2H3,(H,25,28). The van der Waals surface area contributed by atoms with Crippen LogP contribution in [0.3, 0.4) is 0 Å². The van der Waals surface area contributed by atoms with E-state index in [4.69, 9.17) is 9.47 Å². The van der Waals surface area contributed by atoms with E-state index in [2.05, 4.69) is 15.0 Å². The van der Waals surface area contributed by atoms with Gasteiger partial charge in [0.2, 0.25) is 15.9 Å². The Kier molecular flexibility index (Phi) is 7.04. The number of hydrogen-bond donors (Lipinski definition) is 2. The minimum Gasteiger partial charge on any atom is -0.486 e. The predicted molar refractivity (Wildman–Crippen MR) is 134 cm³/mol. The van der Waals surface area contributed by atoms with Gasteiger partial charge in [-0.15, -0.1) is 0 Å². The van der Waals surface area contributed by atoms with Crippen LogP contribution in [0.25, 0.3) is 0 Å². The van der Waals surface area contributed by atoms with Crippen LogP contribution < -0.4 is 23.8 Å². The second kappa shape index (κ2) is 10.0. The molecule has 3 aromatic rings. The monoisotopic (exact) mass is 532 g/mol. The molecule has 2 N–H and O–H groups in total. The maximum Gasteiger partial charge on any atom is 0.261 e. The van der Waals surface area contributed by atoms with Crippen LogP contribution in [0.5, 0.6) is 11.5 Å². The zero-order chi connectivity index (χ0) is 25.9. The smallest absolute Gasteiger partial charge is 0.261 e. The highest BCUT2D eigenvalue weighted by Gasteiger charge is 2.30. The highest BCUT2D eigenvalue weighted by atomic mass is 32.2. The minimum absolute atomic E-state index is 0.0218. The first-order valence-electron chi connectivity index (χ1n) is 10.8. The summed E-state index contributed by atoms with van der Waals surface area (Å²) >= 11 is 0. The zero-order valence-corrected chi connectivity index (χ0v) is 21.0. The molecular formula is C23H24N4O7S2. The van der Waals surface area contributed by atoms with Crippen LogP contribution in [-0.2, 0) is 24.8 Å². The summed E-state index contributed by atoms with van der Waals surface area (Å²) < 4.78 is 64.8. The Hall–Kier alpha value is -3.84. The average Bonchev–Trinajstić information content (AvgIpc) is 2.84. The number of rotatable bonds is 8. The highest BCUT2D eigenvalue weighted by molar-refractivity contribution is 7.92. The molecule has 0 fully saturated rings. The van der Waals surface area contributed by atoms with Crippen molar-refractivity contribution in [2.45, 2.75) is 17.9 Å². The highest BCUT2D eigenvalue weighted by Crippen LogP contribution is 2.35. The number of pyridine rings is 1. The van der Waals surface area contributed by atoms with Crippen molar-refractivity contribution in [1.82, 2.24) is 4.98 Å². The molecule has 1 aliphatic rings. The molecule has 2 aromatic carbocycles. The average molecular weight is 533 g/mol. The van der Waals surface area contributed by atoms with Crippen LogP contribution in [0.2, 0.25) is 0 Å². The van der Waals surface area contributed by atoms with Crippen molar-refractivity contribution in [2.24, 2.45) is 0 Å². The van der Waals surface area contributed by atoms with Crippen molar-refractivity contribution in [3.8, 4) is 11.5 Å². The Morgan fingerprint density at radius 1 is 0.972 bits per heavy atom. The molecule has 13 heteroatoms. The quantitative estimate of drug-likeness (QED) is 0.450. The fraction of sp³-hybridized carbons (Fsp3) is 0.217. The van der Waals surface area contributed by atoms with Crippen LogP contribution in [0.15, 0.2) is 71.9 Å². The van der Waals surface area contributed by atoms with Crippen molar-refractivity contribution < 1.29 is 31.1 Å². The number of carbonyl (C=O) groups is 1. The molecule has 0 saturated carbocycles. The minimum atomic E-state index is -3.86. The van der Waals surface area contributed by atoms with Crippen molar-refractivity contribution >= 4 is 43.0 Å². The van der Waals surface area contributed by atoms with Gasteiger partial charge in [-0.3, -0.25) is 18.8 Å². The van der Waals surface area contributed by atoms with Gasteiger partial charge in [-0.2, -0.15) is 0 Å². The van der Waals surface area contributed by atoms with E-state index in [1.807, 2.05) is 0 Å². The summed E-state index contributed by atoms with van der Waals surface area (Å²) in [6.07, 6.45) is 3.90. The summed E-state index contributed by atoms with van der Waals surface area (Å²) in [5, 5.41) is 2.63. The Bertz CT molecular complexity index is 1460. The van der Waals surface area contributed by atoms with Gasteiger partial charge in [-0.1, -0.05) is 0 Å². The molecule has 36 heavy (non-hydrogen) atoms. The summed E-state index contributed by atoms with van der Waals surface area (Å²) in [7, 11) is -7.72. The molecule has 11 nitrogen and oxygen atoms in total. The predicted octanol–water partition coefficient (Wildman–Crippen LogP) is 2.45. The van der Waals surface area contributed by atoms with Crippen LogP contribution in [-0.4, -0.2) is 53.2 Å². The SMILES string of the molecule is CC(C(=O)Nc1ccc(S(=O)(=O)Nc2cccnc2)cc1)N(c1ccc2c(c1)OCCO2)S(C)(=O)=O. The van der Waals surface area contributed by atoms with Gasteiger partial charge >= 0.3 is 0 Å². The van der Waals surface area contributed by atoms with E-state index in [-0.39, 0.29) is 10.6 Å². The van der Waals surface area contributed by atoms with Crippen molar-refractivity contribution in [1.29, 1.82) is 0 Å². The second-order valence-electron chi connectivity index (χ2n) is 7.92. The van der Waals surface area contributed by atoms with Crippen molar-refractivity contribution in [2.75, 3.05) is 33.8 Å². The molecule has 0 bridgehead atoms. The van der Waals surface area contributed by atoms with Crippen LogP contribution in [0.4, 0.5) is 17.1 Å². The van der Waals surface area contributed by atoms with E-state index in [9.17, 15) is 21.6 Å². The number of carbonyl (C=O) groups excluding carboxylic acids is 1. The fourth-order valence-corrected chi connectivity index (χ4v) is 5.79.